The van der Waals surface area contributed by atoms with Crippen molar-refractivity contribution in [2.24, 2.45) is 5.10 Å². The summed E-state index contributed by atoms with van der Waals surface area (Å²) in [6.45, 7) is 0. The number of esters is 1. The predicted molar refractivity (Wildman–Crippen MR) is 144 cm³/mol. The topological polar surface area (TPSA) is 114 Å². The van der Waals surface area contributed by atoms with Gasteiger partial charge in [-0.3, -0.25) is 9.52 Å². The van der Waals surface area contributed by atoms with E-state index in [4.69, 9.17) is 4.74 Å². The lowest BCUT2D eigenvalue weighted by Gasteiger charge is -2.08. The Labute approximate surface area is 222 Å². The third kappa shape index (κ3) is 7.12. The maximum Gasteiger partial charge on any atom is 0.343 e. The predicted octanol–water partition coefficient (Wildman–Crippen LogP) is 5.23. The van der Waals surface area contributed by atoms with Gasteiger partial charge in [-0.15, -0.1) is 0 Å². The Hall–Kier alpha value is -4.28. The maximum absolute atomic E-state index is 12.4. The number of anilines is 1. The highest BCUT2D eigenvalue weighted by Crippen LogP contribution is 2.18. The van der Waals surface area contributed by atoms with Crippen molar-refractivity contribution in [2.45, 2.75) is 4.90 Å². The van der Waals surface area contributed by atoms with Crippen molar-refractivity contribution in [3.8, 4) is 5.75 Å². The van der Waals surface area contributed by atoms with Gasteiger partial charge in [0.25, 0.3) is 15.9 Å². The number of nitrogens with zero attached hydrogens (tertiary/aromatic N) is 1. The second kappa shape index (κ2) is 11.6. The van der Waals surface area contributed by atoms with Crippen molar-refractivity contribution in [2.75, 3.05) is 4.72 Å². The van der Waals surface area contributed by atoms with E-state index in [1.165, 1.54) is 42.6 Å². The first-order valence-corrected chi connectivity index (χ1v) is 13.2. The van der Waals surface area contributed by atoms with Crippen molar-refractivity contribution in [1.29, 1.82) is 0 Å². The van der Waals surface area contributed by atoms with E-state index in [1.807, 2.05) is 6.07 Å². The van der Waals surface area contributed by atoms with Gasteiger partial charge >= 0.3 is 5.97 Å². The third-order valence-corrected chi connectivity index (χ3v) is 6.87. The number of hydrazone groups is 1. The zero-order valence-electron chi connectivity index (χ0n) is 19.2. The van der Waals surface area contributed by atoms with Crippen LogP contribution in [-0.2, 0) is 10.0 Å². The molecule has 4 aromatic carbocycles. The summed E-state index contributed by atoms with van der Waals surface area (Å²) in [5.41, 5.74) is 4.14. The molecule has 1 amide bonds. The first-order valence-electron chi connectivity index (χ1n) is 10.9. The van der Waals surface area contributed by atoms with Gasteiger partial charge in [-0.05, 0) is 84.4 Å². The van der Waals surface area contributed by atoms with Gasteiger partial charge in [0.1, 0.15) is 5.75 Å². The lowest BCUT2D eigenvalue weighted by atomic mass is 10.2. The van der Waals surface area contributed by atoms with Gasteiger partial charge in [-0.25, -0.2) is 18.6 Å². The number of benzene rings is 4. The second-order valence-corrected chi connectivity index (χ2v) is 10.3. The van der Waals surface area contributed by atoms with Crippen LogP contribution in [0.25, 0.3) is 0 Å². The molecule has 0 saturated heterocycles. The highest BCUT2D eigenvalue weighted by atomic mass is 79.9. The molecule has 0 unspecified atom stereocenters. The summed E-state index contributed by atoms with van der Waals surface area (Å²) >= 11 is 3.32. The monoisotopic (exact) mass is 577 g/mol. The number of nitrogens with one attached hydrogen (secondary N) is 2. The molecule has 0 aliphatic rings. The molecule has 0 aromatic heterocycles. The summed E-state index contributed by atoms with van der Waals surface area (Å²) < 4.78 is 33.4. The van der Waals surface area contributed by atoms with Crippen molar-refractivity contribution in [3.05, 3.63) is 124 Å². The highest BCUT2D eigenvalue weighted by molar-refractivity contribution is 9.10. The van der Waals surface area contributed by atoms with E-state index >= 15 is 0 Å². The minimum Gasteiger partial charge on any atom is -0.423 e. The molecule has 0 heterocycles. The maximum atomic E-state index is 12.4. The molecule has 10 heteroatoms. The zero-order valence-corrected chi connectivity index (χ0v) is 21.6. The summed E-state index contributed by atoms with van der Waals surface area (Å²) in [7, 11) is -3.72. The van der Waals surface area contributed by atoms with Gasteiger partial charge in [0, 0.05) is 15.7 Å². The van der Waals surface area contributed by atoms with Crippen molar-refractivity contribution in [3.63, 3.8) is 0 Å². The number of carbonyl (C=O) groups excluding carboxylic acids is 2. The van der Waals surface area contributed by atoms with Crippen LogP contribution in [0.3, 0.4) is 0 Å². The van der Waals surface area contributed by atoms with Crippen molar-refractivity contribution < 1.29 is 22.7 Å². The lowest BCUT2D eigenvalue weighted by Crippen LogP contribution is -2.18. The van der Waals surface area contributed by atoms with Crippen LogP contribution in [0.4, 0.5) is 5.69 Å². The molecule has 8 nitrogen and oxygen atoms in total. The molecule has 0 spiro atoms. The molecule has 0 aliphatic heterocycles. The number of halogens is 1. The fraction of sp³-hybridized carbons (Fsp3) is 0. The minimum absolute atomic E-state index is 0.141. The molecule has 0 radical (unpaired) electrons. The summed E-state index contributed by atoms with van der Waals surface area (Å²) in [5, 5.41) is 3.94. The fourth-order valence-corrected chi connectivity index (χ4v) is 4.62. The van der Waals surface area contributed by atoms with Gasteiger partial charge in [-0.1, -0.05) is 40.2 Å². The van der Waals surface area contributed by atoms with E-state index in [2.05, 4.69) is 31.2 Å². The average molecular weight is 578 g/mol. The Morgan fingerprint density at radius 3 is 2.19 bits per heavy atom. The third-order valence-electron chi connectivity index (χ3n) is 4.98. The van der Waals surface area contributed by atoms with E-state index in [0.717, 1.165) is 4.47 Å². The van der Waals surface area contributed by atoms with Crippen LogP contribution in [0.5, 0.6) is 5.75 Å². The molecule has 186 valence electrons. The number of ether oxygens (including phenoxy) is 1. The summed E-state index contributed by atoms with van der Waals surface area (Å²) in [6, 6.07) is 27.5. The van der Waals surface area contributed by atoms with Crippen molar-refractivity contribution in [1.82, 2.24) is 5.43 Å². The molecule has 2 N–H and O–H groups in total. The normalized spacial score (nSPS) is 11.2. The average Bonchev–Trinajstić information content (AvgIpc) is 2.90. The smallest absolute Gasteiger partial charge is 0.343 e. The number of rotatable bonds is 8. The zero-order chi connectivity index (χ0) is 26.3. The van der Waals surface area contributed by atoms with Crippen LogP contribution in [0.15, 0.2) is 118 Å². The Balaban J connectivity index is 1.30. The molecular formula is C27H20BrN3O5S. The number of carbonyl (C=O) groups is 2. The number of hydrogen-bond donors (Lipinski definition) is 2. The number of hydrogen-bond acceptors (Lipinski definition) is 6. The SMILES string of the molecule is O=C(N/N=C/c1ccc(OC(=O)c2cccc(Br)c2)cc1)c1ccc(NS(=O)(=O)c2ccccc2)cc1. The molecule has 0 bridgehead atoms. The standard InChI is InChI=1S/C27H20BrN3O5S/c28-22-6-4-5-21(17-22)27(33)36-24-15-9-19(10-16-24)18-29-30-26(32)20-11-13-23(14-12-20)31-37(34,35)25-7-2-1-3-8-25/h1-18,31H,(H,30,32)/b29-18+. The van der Waals surface area contributed by atoms with E-state index in [1.54, 1.807) is 60.7 Å². The fourth-order valence-electron chi connectivity index (χ4n) is 3.14. The van der Waals surface area contributed by atoms with E-state index < -0.39 is 21.9 Å². The highest BCUT2D eigenvalue weighted by Gasteiger charge is 2.14. The van der Waals surface area contributed by atoms with Crippen LogP contribution in [0, 0.1) is 0 Å². The molecule has 0 aliphatic carbocycles. The van der Waals surface area contributed by atoms with E-state index in [-0.39, 0.29) is 4.90 Å². The molecule has 37 heavy (non-hydrogen) atoms. The molecule has 0 saturated carbocycles. The Morgan fingerprint density at radius 2 is 1.51 bits per heavy atom. The largest absolute Gasteiger partial charge is 0.423 e. The molecule has 0 fully saturated rings. The summed E-state index contributed by atoms with van der Waals surface area (Å²) in [5.74, 6) is -0.573. The van der Waals surface area contributed by atoms with E-state index in [0.29, 0.717) is 28.1 Å². The van der Waals surface area contributed by atoms with Gasteiger partial charge in [0.2, 0.25) is 0 Å². The Kier molecular flexibility index (Phi) is 8.11. The van der Waals surface area contributed by atoms with Gasteiger partial charge in [0.15, 0.2) is 0 Å². The number of amides is 1. The van der Waals surface area contributed by atoms with Gasteiger partial charge in [-0.2, -0.15) is 5.10 Å². The van der Waals surface area contributed by atoms with Crippen LogP contribution < -0.4 is 14.9 Å². The van der Waals surface area contributed by atoms with Gasteiger partial charge in [0.05, 0.1) is 16.7 Å². The Bertz CT molecular complexity index is 1540. The summed E-state index contributed by atoms with van der Waals surface area (Å²) in [6.07, 6.45) is 1.44. The molecule has 4 aromatic rings. The first-order chi connectivity index (χ1) is 17.8. The van der Waals surface area contributed by atoms with Crippen LogP contribution in [0.1, 0.15) is 26.3 Å². The van der Waals surface area contributed by atoms with Crippen LogP contribution >= 0.6 is 15.9 Å². The first kappa shape index (κ1) is 25.8. The van der Waals surface area contributed by atoms with Crippen molar-refractivity contribution >= 4 is 49.7 Å². The number of sulfonamides is 1. The van der Waals surface area contributed by atoms with Crippen LogP contribution in [0.2, 0.25) is 0 Å². The molecule has 0 atom stereocenters. The van der Waals surface area contributed by atoms with Gasteiger partial charge < -0.3 is 4.74 Å². The summed E-state index contributed by atoms with van der Waals surface area (Å²) in [4.78, 5) is 24.7. The Morgan fingerprint density at radius 1 is 0.811 bits per heavy atom. The lowest BCUT2D eigenvalue weighted by molar-refractivity contribution is 0.0734. The van der Waals surface area contributed by atoms with E-state index in [9.17, 15) is 18.0 Å². The van der Waals surface area contributed by atoms with Crippen LogP contribution in [-0.4, -0.2) is 26.5 Å². The quantitative estimate of drug-likeness (QED) is 0.129. The molecule has 4 rings (SSSR count). The minimum atomic E-state index is -3.72. The molecular weight excluding hydrogens is 558 g/mol. The second-order valence-electron chi connectivity index (χ2n) is 7.66.